The smallest absolute Gasteiger partial charge is 0.161 e. The minimum absolute atomic E-state index is 0.0401. The van der Waals surface area contributed by atoms with E-state index in [2.05, 4.69) is 5.32 Å². The van der Waals surface area contributed by atoms with E-state index in [4.69, 9.17) is 9.47 Å². The van der Waals surface area contributed by atoms with Gasteiger partial charge < -0.3 is 25.0 Å². The topological polar surface area (TPSA) is 88.0 Å². The van der Waals surface area contributed by atoms with Crippen molar-refractivity contribution >= 4 is 5.78 Å². The molecule has 1 aromatic rings. The van der Waals surface area contributed by atoms with Crippen molar-refractivity contribution < 1.29 is 24.5 Å². The maximum atomic E-state index is 11.4. The monoisotopic (exact) mass is 337 g/mol. The minimum Gasteiger partial charge on any atom is -0.493 e. The van der Waals surface area contributed by atoms with Crippen LogP contribution >= 0.6 is 0 Å². The highest BCUT2D eigenvalue weighted by Gasteiger charge is 2.20. The molecule has 1 saturated carbocycles. The number of ether oxygens (including phenoxy) is 2. The molecule has 0 unspecified atom stereocenters. The molecule has 0 radical (unpaired) electrons. The Morgan fingerprint density at radius 3 is 2.62 bits per heavy atom. The van der Waals surface area contributed by atoms with Gasteiger partial charge in [0.1, 0.15) is 12.7 Å². The second-order valence-electron chi connectivity index (χ2n) is 6.30. The number of nitrogens with one attached hydrogen (secondary N) is 1. The van der Waals surface area contributed by atoms with E-state index in [0.29, 0.717) is 29.6 Å². The molecule has 2 rings (SSSR count). The van der Waals surface area contributed by atoms with Crippen LogP contribution < -0.4 is 14.8 Å². The molecule has 0 amide bonds. The van der Waals surface area contributed by atoms with Crippen molar-refractivity contribution in [2.24, 2.45) is 0 Å². The third kappa shape index (κ3) is 5.47. The van der Waals surface area contributed by atoms with Gasteiger partial charge in [0.25, 0.3) is 0 Å². The van der Waals surface area contributed by atoms with Gasteiger partial charge in [-0.05, 0) is 50.8 Å². The number of rotatable bonds is 8. The van der Waals surface area contributed by atoms with Crippen LogP contribution in [0.4, 0.5) is 0 Å². The van der Waals surface area contributed by atoms with Gasteiger partial charge in [-0.25, -0.2) is 0 Å². The van der Waals surface area contributed by atoms with Crippen LogP contribution in [-0.2, 0) is 0 Å². The highest BCUT2D eigenvalue weighted by molar-refractivity contribution is 5.94. The first-order chi connectivity index (χ1) is 11.5. The number of methoxy groups -OCH3 is 1. The number of ketones is 1. The Balaban J connectivity index is 1.78. The van der Waals surface area contributed by atoms with Crippen LogP contribution in [0, 0.1) is 0 Å². The molecule has 1 atom stereocenters. The highest BCUT2D eigenvalue weighted by Crippen LogP contribution is 2.28. The van der Waals surface area contributed by atoms with E-state index in [0.717, 1.165) is 25.7 Å². The van der Waals surface area contributed by atoms with E-state index < -0.39 is 6.10 Å². The lowest BCUT2D eigenvalue weighted by molar-refractivity contribution is 0.0891. The Labute approximate surface area is 142 Å². The van der Waals surface area contributed by atoms with Crippen molar-refractivity contribution in [1.82, 2.24) is 5.32 Å². The van der Waals surface area contributed by atoms with E-state index in [9.17, 15) is 15.0 Å². The largest absolute Gasteiger partial charge is 0.493 e. The van der Waals surface area contributed by atoms with Crippen molar-refractivity contribution in [2.45, 2.75) is 50.9 Å². The van der Waals surface area contributed by atoms with Gasteiger partial charge in [-0.1, -0.05) is 0 Å². The van der Waals surface area contributed by atoms with E-state index in [1.54, 1.807) is 18.2 Å². The zero-order valence-corrected chi connectivity index (χ0v) is 14.3. The SMILES string of the molecule is COc1cc(C(C)=O)ccc1OC[C@@H](O)CNC1CCC(O)CC1. The molecule has 6 heteroatoms. The van der Waals surface area contributed by atoms with Gasteiger partial charge in [-0.3, -0.25) is 4.79 Å². The molecule has 134 valence electrons. The fourth-order valence-corrected chi connectivity index (χ4v) is 2.83. The molecule has 0 aromatic heterocycles. The number of aliphatic hydroxyl groups excluding tert-OH is 2. The zero-order chi connectivity index (χ0) is 17.5. The number of carbonyl (C=O) groups is 1. The Bertz CT molecular complexity index is 540. The van der Waals surface area contributed by atoms with Gasteiger partial charge in [-0.15, -0.1) is 0 Å². The lowest BCUT2D eigenvalue weighted by atomic mass is 9.93. The quantitative estimate of drug-likeness (QED) is 0.624. The van der Waals surface area contributed by atoms with Gasteiger partial charge in [0, 0.05) is 18.2 Å². The Morgan fingerprint density at radius 1 is 1.29 bits per heavy atom. The summed E-state index contributed by atoms with van der Waals surface area (Å²) in [6.07, 6.45) is 2.65. The summed E-state index contributed by atoms with van der Waals surface area (Å²) in [6.45, 7) is 2.07. The Hall–Kier alpha value is -1.63. The average Bonchev–Trinajstić information content (AvgIpc) is 2.59. The summed E-state index contributed by atoms with van der Waals surface area (Å²) < 4.78 is 10.9. The van der Waals surface area contributed by atoms with Crippen LogP contribution in [0.2, 0.25) is 0 Å². The second kappa shape index (κ2) is 9.01. The van der Waals surface area contributed by atoms with Crippen LogP contribution in [0.15, 0.2) is 18.2 Å². The van der Waals surface area contributed by atoms with Crippen LogP contribution in [-0.4, -0.2) is 54.5 Å². The summed E-state index contributed by atoms with van der Waals surface area (Å²) in [5.74, 6) is 0.938. The second-order valence-corrected chi connectivity index (χ2v) is 6.30. The fourth-order valence-electron chi connectivity index (χ4n) is 2.83. The molecule has 0 heterocycles. The van der Waals surface area contributed by atoms with Crippen molar-refractivity contribution in [3.63, 3.8) is 0 Å². The molecule has 6 nitrogen and oxygen atoms in total. The molecule has 1 aliphatic rings. The fraction of sp³-hybridized carbons (Fsp3) is 0.611. The summed E-state index contributed by atoms with van der Waals surface area (Å²) in [5, 5.41) is 22.9. The normalized spacial score (nSPS) is 22.0. The van der Waals surface area contributed by atoms with Crippen LogP contribution in [0.5, 0.6) is 11.5 Å². The van der Waals surface area contributed by atoms with E-state index >= 15 is 0 Å². The maximum absolute atomic E-state index is 11.4. The van der Waals surface area contributed by atoms with Crippen LogP contribution in [0.25, 0.3) is 0 Å². The number of hydrogen-bond acceptors (Lipinski definition) is 6. The van der Waals surface area contributed by atoms with Gasteiger partial charge in [0.2, 0.25) is 0 Å². The number of hydrogen-bond donors (Lipinski definition) is 3. The number of benzene rings is 1. The molecule has 0 aliphatic heterocycles. The zero-order valence-electron chi connectivity index (χ0n) is 14.3. The molecule has 1 aromatic carbocycles. The summed E-state index contributed by atoms with van der Waals surface area (Å²) >= 11 is 0. The van der Waals surface area contributed by atoms with Gasteiger partial charge in [0.05, 0.1) is 13.2 Å². The number of aliphatic hydroxyl groups is 2. The first-order valence-electron chi connectivity index (χ1n) is 8.41. The molecule has 0 spiro atoms. The molecule has 1 fully saturated rings. The summed E-state index contributed by atoms with van der Waals surface area (Å²) in [4.78, 5) is 11.4. The van der Waals surface area contributed by atoms with Crippen LogP contribution in [0.1, 0.15) is 43.0 Å². The molecule has 24 heavy (non-hydrogen) atoms. The number of carbonyl (C=O) groups excluding carboxylic acids is 1. The predicted octanol–water partition coefficient (Wildman–Crippen LogP) is 1.53. The van der Waals surface area contributed by atoms with Crippen molar-refractivity contribution in [3.05, 3.63) is 23.8 Å². The van der Waals surface area contributed by atoms with Crippen molar-refractivity contribution in [2.75, 3.05) is 20.3 Å². The Kier molecular flexibility index (Phi) is 7.02. The summed E-state index contributed by atoms with van der Waals surface area (Å²) in [6, 6.07) is 5.33. The molecule has 1 aliphatic carbocycles. The van der Waals surface area contributed by atoms with Gasteiger partial charge in [0.15, 0.2) is 17.3 Å². The lowest BCUT2D eigenvalue weighted by Crippen LogP contribution is -2.40. The Morgan fingerprint density at radius 2 is 2.00 bits per heavy atom. The van der Waals surface area contributed by atoms with E-state index in [1.807, 2.05) is 0 Å². The molecule has 3 N–H and O–H groups in total. The summed E-state index contributed by atoms with van der Waals surface area (Å²) in [5.41, 5.74) is 0.556. The lowest BCUT2D eigenvalue weighted by Gasteiger charge is -2.27. The molecule has 0 bridgehead atoms. The third-order valence-corrected chi connectivity index (χ3v) is 4.34. The third-order valence-electron chi connectivity index (χ3n) is 4.34. The maximum Gasteiger partial charge on any atom is 0.161 e. The molecular weight excluding hydrogens is 310 g/mol. The van der Waals surface area contributed by atoms with E-state index in [-0.39, 0.29) is 18.5 Å². The van der Waals surface area contributed by atoms with Crippen molar-refractivity contribution in [3.8, 4) is 11.5 Å². The van der Waals surface area contributed by atoms with Crippen molar-refractivity contribution in [1.29, 1.82) is 0 Å². The number of Topliss-reactive ketones (excluding diaryl/α,β-unsaturated/α-hetero) is 1. The van der Waals surface area contributed by atoms with Crippen LogP contribution in [0.3, 0.4) is 0 Å². The standard InChI is InChI=1S/C18H27NO5/c1-12(20)13-3-8-17(18(9-13)23-2)24-11-16(22)10-19-14-4-6-15(21)7-5-14/h3,8-9,14-16,19,21-22H,4-7,10-11H2,1-2H3/t14?,15?,16-/m0/s1. The average molecular weight is 337 g/mol. The molecular formula is C18H27NO5. The highest BCUT2D eigenvalue weighted by atomic mass is 16.5. The first kappa shape index (κ1) is 18.7. The summed E-state index contributed by atoms with van der Waals surface area (Å²) in [7, 11) is 1.52. The minimum atomic E-state index is -0.644. The van der Waals surface area contributed by atoms with Gasteiger partial charge >= 0.3 is 0 Å². The first-order valence-corrected chi connectivity index (χ1v) is 8.41. The predicted molar refractivity (Wildman–Crippen MR) is 90.8 cm³/mol. The van der Waals surface area contributed by atoms with Gasteiger partial charge in [-0.2, -0.15) is 0 Å². The molecule has 0 saturated heterocycles. The van der Waals surface area contributed by atoms with E-state index in [1.165, 1.54) is 14.0 Å².